The van der Waals surface area contributed by atoms with Gasteiger partial charge in [0.1, 0.15) is 0 Å². The zero-order valence-electron chi connectivity index (χ0n) is 20.7. The minimum atomic E-state index is -3.50. The molecule has 1 unspecified atom stereocenters. The molecule has 2 N–H and O–H groups in total. The van der Waals surface area contributed by atoms with E-state index in [1.165, 1.54) is 23.6 Å². The number of carbonyl (C=O) groups is 2. The van der Waals surface area contributed by atoms with E-state index in [-0.39, 0.29) is 34.6 Å². The van der Waals surface area contributed by atoms with E-state index >= 15 is 0 Å². The Hall–Kier alpha value is -1.93. The summed E-state index contributed by atoms with van der Waals surface area (Å²) in [5.41, 5.74) is 0.649. The zero-order chi connectivity index (χ0) is 24.5. The molecule has 4 aliphatic carbocycles. The largest absolute Gasteiger partial charge is 0.355 e. The monoisotopic (exact) mass is 489 g/mol. The lowest BCUT2D eigenvalue weighted by Crippen LogP contribution is -2.53. The summed E-state index contributed by atoms with van der Waals surface area (Å²) in [7, 11) is -3.50. The van der Waals surface area contributed by atoms with Crippen molar-refractivity contribution in [2.75, 3.05) is 19.6 Å². The highest BCUT2D eigenvalue weighted by molar-refractivity contribution is 7.89. The summed E-state index contributed by atoms with van der Waals surface area (Å²) >= 11 is 0. The topological polar surface area (TPSA) is 95.6 Å². The summed E-state index contributed by atoms with van der Waals surface area (Å²) in [5, 5.41) is 6.02. The van der Waals surface area contributed by atoms with Gasteiger partial charge in [-0.05, 0) is 80.9 Å². The molecule has 1 atom stereocenters. The summed E-state index contributed by atoms with van der Waals surface area (Å²) < 4.78 is 26.7. The molecule has 7 nitrogen and oxygen atoms in total. The number of nitrogens with zero attached hydrogens (tertiary/aromatic N) is 1. The highest BCUT2D eigenvalue weighted by Gasteiger charge is 2.54. The molecule has 2 amide bonds. The number of hydrogen-bond acceptors (Lipinski definition) is 4. The van der Waals surface area contributed by atoms with Crippen LogP contribution in [-0.2, 0) is 19.6 Å². The number of amides is 2. The van der Waals surface area contributed by atoms with E-state index < -0.39 is 10.0 Å². The third-order valence-electron chi connectivity index (χ3n) is 8.26. The molecule has 4 fully saturated rings. The highest BCUT2D eigenvalue weighted by Crippen LogP contribution is 2.60. The van der Waals surface area contributed by atoms with Gasteiger partial charge < -0.3 is 10.6 Å². The van der Waals surface area contributed by atoms with Crippen LogP contribution in [0.3, 0.4) is 0 Å². The first-order valence-electron chi connectivity index (χ1n) is 12.8. The van der Waals surface area contributed by atoms with E-state index in [9.17, 15) is 18.0 Å². The Morgan fingerprint density at radius 1 is 1.00 bits per heavy atom. The van der Waals surface area contributed by atoms with Gasteiger partial charge in [0, 0.05) is 31.5 Å². The van der Waals surface area contributed by atoms with Crippen molar-refractivity contribution in [1.29, 1.82) is 0 Å². The van der Waals surface area contributed by atoms with Gasteiger partial charge in [-0.1, -0.05) is 26.0 Å². The molecule has 0 spiro atoms. The van der Waals surface area contributed by atoms with E-state index in [0.717, 1.165) is 42.6 Å². The minimum absolute atomic E-state index is 0.127. The summed E-state index contributed by atoms with van der Waals surface area (Å²) in [6.45, 7) is 6.70. The number of nitrogens with one attached hydrogen (secondary N) is 2. The normalized spacial score (nSPS) is 28.6. The van der Waals surface area contributed by atoms with Crippen LogP contribution in [0.1, 0.15) is 77.3 Å². The average Bonchev–Trinajstić information content (AvgIpc) is 2.78. The van der Waals surface area contributed by atoms with Crippen molar-refractivity contribution >= 4 is 21.8 Å². The van der Waals surface area contributed by atoms with Crippen molar-refractivity contribution in [3.05, 3.63) is 29.8 Å². The molecule has 4 bridgehead atoms. The van der Waals surface area contributed by atoms with Gasteiger partial charge in [0.05, 0.1) is 10.9 Å². The van der Waals surface area contributed by atoms with E-state index in [1.807, 2.05) is 20.8 Å². The van der Waals surface area contributed by atoms with Gasteiger partial charge in [-0.15, -0.1) is 0 Å². The van der Waals surface area contributed by atoms with Gasteiger partial charge >= 0.3 is 0 Å². The number of hydrogen-bond donors (Lipinski definition) is 2. The lowest BCUT2D eigenvalue weighted by molar-refractivity contribution is -0.146. The molecule has 0 heterocycles. The maximum Gasteiger partial charge on any atom is 0.243 e. The Morgan fingerprint density at radius 3 is 2.03 bits per heavy atom. The predicted octanol–water partition coefficient (Wildman–Crippen LogP) is 3.62. The number of benzene rings is 1. The van der Waals surface area contributed by atoms with Gasteiger partial charge in [-0.2, -0.15) is 4.31 Å². The van der Waals surface area contributed by atoms with Gasteiger partial charge in [-0.25, -0.2) is 8.42 Å². The molecule has 1 aromatic rings. The van der Waals surface area contributed by atoms with Crippen LogP contribution in [0.5, 0.6) is 0 Å². The van der Waals surface area contributed by atoms with Crippen molar-refractivity contribution in [3.8, 4) is 0 Å². The fourth-order valence-corrected chi connectivity index (χ4v) is 8.36. The molecular formula is C26H39N3O4S. The fraction of sp³-hybridized carbons (Fsp3) is 0.692. The first-order valence-corrected chi connectivity index (χ1v) is 14.3. The Morgan fingerprint density at radius 2 is 1.53 bits per heavy atom. The summed E-state index contributed by atoms with van der Waals surface area (Å²) in [4.78, 5) is 25.8. The molecular weight excluding hydrogens is 450 g/mol. The molecule has 0 radical (unpaired) electrons. The second-order valence-electron chi connectivity index (χ2n) is 10.7. The van der Waals surface area contributed by atoms with Crippen LogP contribution in [0, 0.1) is 23.2 Å². The SMILES string of the molecule is CCN(CC)S(=O)(=O)c1ccc(C(C)NC(=O)CCNC(=O)C23CC4CC(CC(C4)C2)C3)cc1. The van der Waals surface area contributed by atoms with E-state index in [0.29, 0.717) is 19.6 Å². The second-order valence-corrected chi connectivity index (χ2v) is 12.6. The van der Waals surface area contributed by atoms with E-state index in [2.05, 4.69) is 10.6 Å². The average molecular weight is 490 g/mol. The minimum Gasteiger partial charge on any atom is -0.355 e. The van der Waals surface area contributed by atoms with Crippen molar-refractivity contribution in [3.63, 3.8) is 0 Å². The van der Waals surface area contributed by atoms with Crippen LogP contribution in [0.25, 0.3) is 0 Å². The molecule has 34 heavy (non-hydrogen) atoms. The molecule has 4 saturated carbocycles. The van der Waals surface area contributed by atoms with Gasteiger partial charge in [0.25, 0.3) is 0 Å². The fourth-order valence-electron chi connectivity index (χ4n) is 6.90. The van der Waals surface area contributed by atoms with Crippen molar-refractivity contribution in [2.24, 2.45) is 23.2 Å². The number of rotatable bonds is 10. The van der Waals surface area contributed by atoms with Crippen molar-refractivity contribution < 1.29 is 18.0 Å². The third-order valence-corrected chi connectivity index (χ3v) is 10.3. The standard InChI is InChI=1S/C26H39N3O4S/c1-4-29(5-2)34(32,33)23-8-6-22(7-9-23)18(3)28-24(30)10-11-27-25(31)26-15-19-12-20(16-26)14-21(13-19)17-26/h6-9,18-21H,4-5,10-17H2,1-3H3,(H,27,31)(H,28,30). The quantitative estimate of drug-likeness (QED) is 0.525. The lowest BCUT2D eigenvalue weighted by atomic mass is 9.49. The molecule has 1 aromatic carbocycles. The molecule has 0 aromatic heterocycles. The first kappa shape index (κ1) is 25.2. The summed E-state index contributed by atoms with van der Waals surface area (Å²) in [6.07, 6.45) is 7.20. The van der Waals surface area contributed by atoms with Crippen LogP contribution < -0.4 is 10.6 Å². The molecule has 0 saturated heterocycles. The van der Waals surface area contributed by atoms with Gasteiger partial charge in [0.15, 0.2) is 0 Å². The van der Waals surface area contributed by atoms with E-state index in [4.69, 9.17) is 0 Å². The zero-order valence-corrected chi connectivity index (χ0v) is 21.5. The molecule has 5 rings (SSSR count). The Bertz CT molecular complexity index is 966. The van der Waals surface area contributed by atoms with Crippen LogP contribution in [0.4, 0.5) is 0 Å². The van der Waals surface area contributed by atoms with Crippen LogP contribution in [0.15, 0.2) is 29.2 Å². The third kappa shape index (κ3) is 5.03. The van der Waals surface area contributed by atoms with Crippen molar-refractivity contribution in [1.82, 2.24) is 14.9 Å². The van der Waals surface area contributed by atoms with Crippen LogP contribution in [-0.4, -0.2) is 44.2 Å². The van der Waals surface area contributed by atoms with Gasteiger partial charge in [-0.3, -0.25) is 9.59 Å². The first-order chi connectivity index (χ1) is 16.2. The Labute approximate surface area is 204 Å². The lowest BCUT2D eigenvalue weighted by Gasteiger charge is -2.55. The number of carbonyl (C=O) groups excluding carboxylic acids is 2. The second kappa shape index (κ2) is 9.97. The predicted molar refractivity (Wildman–Crippen MR) is 131 cm³/mol. The van der Waals surface area contributed by atoms with Crippen LogP contribution >= 0.6 is 0 Å². The summed E-state index contributed by atoms with van der Waals surface area (Å²) in [5.74, 6) is 2.18. The van der Waals surface area contributed by atoms with E-state index in [1.54, 1.807) is 24.3 Å². The summed E-state index contributed by atoms with van der Waals surface area (Å²) in [6, 6.07) is 6.43. The highest BCUT2D eigenvalue weighted by atomic mass is 32.2. The maximum atomic E-state index is 13.0. The number of sulfonamides is 1. The van der Waals surface area contributed by atoms with Gasteiger partial charge in [0.2, 0.25) is 21.8 Å². The molecule has 4 aliphatic rings. The molecule has 8 heteroatoms. The molecule has 0 aliphatic heterocycles. The van der Waals surface area contributed by atoms with Crippen LogP contribution in [0.2, 0.25) is 0 Å². The Balaban J connectivity index is 1.25. The Kier molecular flexibility index (Phi) is 7.38. The maximum absolute atomic E-state index is 13.0. The smallest absolute Gasteiger partial charge is 0.243 e. The van der Waals surface area contributed by atoms with Crippen molar-refractivity contribution in [2.45, 2.75) is 76.7 Å². The molecule has 188 valence electrons.